The van der Waals surface area contributed by atoms with Crippen LogP contribution in [0.1, 0.15) is 35.2 Å². The lowest BCUT2D eigenvalue weighted by Gasteiger charge is -2.33. The summed E-state index contributed by atoms with van der Waals surface area (Å²) >= 11 is 0. The first kappa shape index (κ1) is 21.3. The minimum atomic E-state index is -1.80. The first-order chi connectivity index (χ1) is 15.4. The number of hydrogen-bond donors (Lipinski definition) is 1. The van der Waals surface area contributed by atoms with E-state index in [2.05, 4.69) is 26.7 Å². The zero-order chi connectivity index (χ0) is 22.7. The molecule has 0 aliphatic heterocycles. The van der Waals surface area contributed by atoms with Crippen LogP contribution in [0.4, 0.5) is 8.78 Å². The molecule has 0 saturated carbocycles. The van der Waals surface area contributed by atoms with Gasteiger partial charge in [0.15, 0.2) is 0 Å². The van der Waals surface area contributed by atoms with E-state index in [-0.39, 0.29) is 12.1 Å². The number of tetrazole rings is 1. The molecule has 0 aliphatic carbocycles. The lowest BCUT2D eigenvalue weighted by Crippen LogP contribution is -2.38. The van der Waals surface area contributed by atoms with Crippen LogP contribution in [-0.2, 0) is 18.7 Å². The smallest absolute Gasteiger partial charge is 0.138 e. The maximum Gasteiger partial charge on any atom is 0.138 e. The van der Waals surface area contributed by atoms with Crippen LogP contribution in [-0.4, -0.2) is 35.1 Å². The third-order valence-electron chi connectivity index (χ3n) is 5.44. The van der Waals surface area contributed by atoms with E-state index in [0.717, 1.165) is 17.7 Å². The molecule has 32 heavy (non-hydrogen) atoms. The second kappa shape index (κ2) is 8.64. The second-order valence-corrected chi connectivity index (χ2v) is 7.52. The van der Waals surface area contributed by atoms with Gasteiger partial charge in [-0.2, -0.15) is 10.4 Å². The summed E-state index contributed by atoms with van der Waals surface area (Å²) in [5.41, 5.74) is 0.139. The van der Waals surface area contributed by atoms with Crippen LogP contribution in [0.5, 0.6) is 0 Å². The van der Waals surface area contributed by atoms with Gasteiger partial charge in [-0.25, -0.2) is 13.5 Å². The Bertz CT molecular complexity index is 1250. The molecule has 2 atom stereocenters. The average Bonchev–Trinajstić information content (AvgIpc) is 3.46. The number of nitriles is 1. The summed E-state index contributed by atoms with van der Waals surface area (Å²) in [6, 6.07) is 14.0. The fraction of sp³-hybridized carbons (Fsp3) is 0.227. The monoisotopic (exact) mass is 435 g/mol. The van der Waals surface area contributed by atoms with Gasteiger partial charge in [-0.15, -0.1) is 5.10 Å². The first-order valence-electron chi connectivity index (χ1n) is 9.80. The van der Waals surface area contributed by atoms with Crippen LogP contribution < -0.4 is 0 Å². The molecule has 4 rings (SSSR count). The van der Waals surface area contributed by atoms with Crippen LogP contribution in [0.2, 0.25) is 0 Å². The maximum absolute atomic E-state index is 14.7. The summed E-state index contributed by atoms with van der Waals surface area (Å²) < 4.78 is 31.2. The summed E-state index contributed by atoms with van der Waals surface area (Å²) in [6.07, 6.45) is 3.06. The van der Waals surface area contributed by atoms with Crippen molar-refractivity contribution in [3.63, 3.8) is 0 Å². The largest absolute Gasteiger partial charge is 0.382 e. The summed E-state index contributed by atoms with van der Waals surface area (Å²) in [4.78, 5) is 0. The van der Waals surface area contributed by atoms with Crippen molar-refractivity contribution in [3.8, 4) is 6.07 Å². The lowest BCUT2D eigenvalue weighted by atomic mass is 9.80. The Kier molecular flexibility index (Phi) is 5.75. The minimum Gasteiger partial charge on any atom is -0.382 e. The van der Waals surface area contributed by atoms with E-state index in [1.165, 1.54) is 17.1 Å². The highest BCUT2D eigenvalue weighted by Gasteiger charge is 2.41. The maximum atomic E-state index is 14.7. The fourth-order valence-corrected chi connectivity index (χ4v) is 3.61. The van der Waals surface area contributed by atoms with Crippen LogP contribution in [0.15, 0.2) is 61.1 Å². The fourth-order valence-electron chi connectivity index (χ4n) is 3.61. The van der Waals surface area contributed by atoms with Gasteiger partial charge in [0.1, 0.15) is 23.6 Å². The Balaban J connectivity index is 1.65. The number of aliphatic hydroxyl groups is 1. The molecule has 162 valence electrons. The zero-order valence-corrected chi connectivity index (χ0v) is 17.1. The van der Waals surface area contributed by atoms with Gasteiger partial charge in [0.25, 0.3) is 0 Å². The molecule has 0 amide bonds. The quantitative estimate of drug-likeness (QED) is 0.479. The summed E-state index contributed by atoms with van der Waals surface area (Å²) in [6.45, 7) is 2.00. The van der Waals surface area contributed by atoms with E-state index in [1.807, 2.05) is 12.1 Å². The van der Waals surface area contributed by atoms with E-state index in [4.69, 9.17) is 5.26 Å². The molecule has 2 heterocycles. The minimum absolute atomic E-state index is 0.0801. The Labute approximate surface area is 182 Å². The van der Waals surface area contributed by atoms with Crippen LogP contribution in [0.3, 0.4) is 0 Å². The SMILES string of the molecule is C[C@@H](c1ccn(Cc2ccc(C#N)cc2)n1)[C@](O)(Cn1cnnn1)c1ccc(F)cc1F. The molecule has 0 aliphatic rings. The van der Waals surface area contributed by atoms with Gasteiger partial charge < -0.3 is 5.11 Å². The van der Waals surface area contributed by atoms with E-state index in [0.29, 0.717) is 17.8 Å². The summed E-state index contributed by atoms with van der Waals surface area (Å²) in [5.74, 6) is -2.30. The number of benzene rings is 2. The van der Waals surface area contributed by atoms with Crippen LogP contribution in [0.25, 0.3) is 0 Å². The van der Waals surface area contributed by atoms with Crippen molar-refractivity contribution in [2.45, 2.75) is 31.5 Å². The van der Waals surface area contributed by atoms with Crippen molar-refractivity contribution < 1.29 is 13.9 Å². The second-order valence-electron chi connectivity index (χ2n) is 7.52. The molecule has 0 radical (unpaired) electrons. The predicted molar refractivity (Wildman–Crippen MR) is 109 cm³/mol. The first-order valence-corrected chi connectivity index (χ1v) is 9.80. The van der Waals surface area contributed by atoms with Crippen molar-refractivity contribution in [2.24, 2.45) is 0 Å². The Morgan fingerprint density at radius 2 is 1.91 bits per heavy atom. The summed E-state index contributed by atoms with van der Waals surface area (Å²) in [5, 5.41) is 36.0. The van der Waals surface area contributed by atoms with Crippen molar-refractivity contribution in [1.82, 2.24) is 30.0 Å². The van der Waals surface area contributed by atoms with Gasteiger partial charge in [0.05, 0.1) is 30.4 Å². The van der Waals surface area contributed by atoms with E-state index < -0.39 is 23.2 Å². The van der Waals surface area contributed by atoms with E-state index >= 15 is 0 Å². The van der Waals surface area contributed by atoms with Gasteiger partial charge in [-0.05, 0) is 40.3 Å². The molecule has 0 saturated heterocycles. The van der Waals surface area contributed by atoms with E-state index in [1.54, 1.807) is 36.0 Å². The Morgan fingerprint density at radius 3 is 2.56 bits per heavy atom. The molecule has 0 unspecified atom stereocenters. The number of aromatic nitrogens is 6. The number of nitrogens with zero attached hydrogens (tertiary/aromatic N) is 7. The highest BCUT2D eigenvalue weighted by Crippen LogP contribution is 2.39. The molecule has 10 heteroatoms. The molecule has 2 aromatic carbocycles. The highest BCUT2D eigenvalue weighted by atomic mass is 19.1. The van der Waals surface area contributed by atoms with Crippen molar-refractivity contribution in [3.05, 3.63) is 95.1 Å². The van der Waals surface area contributed by atoms with Crippen molar-refractivity contribution >= 4 is 0 Å². The number of halogens is 2. The lowest BCUT2D eigenvalue weighted by molar-refractivity contribution is -0.0128. The number of rotatable bonds is 7. The van der Waals surface area contributed by atoms with Gasteiger partial charge in [-0.1, -0.05) is 25.1 Å². The Morgan fingerprint density at radius 1 is 1.12 bits per heavy atom. The molecular weight excluding hydrogens is 416 g/mol. The van der Waals surface area contributed by atoms with Gasteiger partial charge >= 0.3 is 0 Å². The summed E-state index contributed by atoms with van der Waals surface area (Å²) in [7, 11) is 0. The van der Waals surface area contributed by atoms with Crippen LogP contribution in [0, 0.1) is 23.0 Å². The molecule has 0 fully saturated rings. The molecular formula is C22H19F2N7O. The zero-order valence-electron chi connectivity index (χ0n) is 17.1. The van der Waals surface area contributed by atoms with Crippen molar-refractivity contribution in [1.29, 1.82) is 5.26 Å². The third-order valence-corrected chi connectivity index (χ3v) is 5.44. The molecule has 4 aromatic rings. The van der Waals surface area contributed by atoms with Gasteiger partial charge in [-0.3, -0.25) is 4.68 Å². The third kappa shape index (κ3) is 4.24. The van der Waals surface area contributed by atoms with Gasteiger partial charge in [0, 0.05) is 23.7 Å². The predicted octanol–water partition coefficient (Wildman–Crippen LogP) is 2.76. The molecule has 0 spiro atoms. The van der Waals surface area contributed by atoms with Crippen LogP contribution >= 0.6 is 0 Å². The topological polar surface area (TPSA) is 105 Å². The highest BCUT2D eigenvalue weighted by molar-refractivity contribution is 5.32. The molecule has 2 aromatic heterocycles. The van der Waals surface area contributed by atoms with Gasteiger partial charge in [0.2, 0.25) is 0 Å². The molecule has 0 bridgehead atoms. The average molecular weight is 435 g/mol. The normalized spacial score (nSPS) is 14.0. The van der Waals surface area contributed by atoms with E-state index in [9.17, 15) is 13.9 Å². The number of hydrogen-bond acceptors (Lipinski definition) is 6. The Hall–Kier alpha value is -3.97. The molecule has 1 N–H and O–H groups in total. The standard InChI is InChI=1S/C22H19F2N7O/c1-15(21-8-9-30(27-21)12-17-4-2-16(11-25)3-5-17)22(32,13-31-14-26-28-29-31)19-7-6-18(23)10-20(19)24/h2-10,14-15,32H,12-13H2,1H3/t15-,22+/m0/s1. The molecule has 8 nitrogen and oxygen atoms in total. The van der Waals surface area contributed by atoms with Crippen molar-refractivity contribution in [2.75, 3.05) is 0 Å².